The van der Waals surface area contributed by atoms with Gasteiger partial charge in [-0.1, -0.05) is 6.07 Å². The van der Waals surface area contributed by atoms with Gasteiger partial charge in [-0.05, 0) is 30.4 Å². The Hall–Kier alpha value is -1.62. The summed E-state index contributed by atoms with van der Waals surface area (Å²) >= 11 is 1.60. The first-order valence-electron chi connectivity index (χ1n) is 6.43. The van der Waals surface area contributed by atoms with Gasteiger partial charge in [-0.25, -0.2) is 0 Å². The maximum Gasteiger partial charge on any atom is 0.244 e. The van der Waals surface area contributed by atoms with E-state index in [0.717, 1.165) is 30.8 Å². The molecule has 0 aliphatic carbocycles. The Morgan fingerprint density at radius 1 is 1.42 bits per heavy atom. The second kappa shape index (κ2) is 6.52. The summed E-state index contributed by atoms with van der Waals surface area (Å²) in [6, 6.07) is 4.11. The van der Waals surface area contributed by atoms with E-state index in [9.17, 15) is 9.59 Å². The molecule has 0 saturated carbocycles. The highest BCUT2D eigenvalue weighted by Crippen LogP contribution is 2.12. The van der Waals surface area contributed by atoms with Crippen LogP contribution in [-0.2, 0) is 9.59 Å². The Morgan fingerprint density at radius 3 is 2.74 bits per heavy atom. The molecule has 1 N–H and O–H groups in total. The molecule has 4 nitrogen and oxygen atoms in total. The normalized spacial score (nSPS) is 16.8. The molecule has 19 heavy (non-hydrogen) atoms. The van der Waals surface area contributed by atoms with Crippen LogP contribution >= 0.6 is 11.3 Å². The lowest BCUT2D eigenvalue weighted by molar-refractivity contribution is -0.129. The highest BCUT2D eigenvalue weighted by Gasteiger charge is 2.21. The van der Waals surface area contributed by atoms with E-state index in [1.807, 2.05) is 28.5 Å². The van der Waals surface area contributed by atoms with Crippen molar-refractivity contribution < 1.29 is 9.59 Å². The summed E-state index contributed by atoms with van der Waals surface area (Å²) in [6.07, 6.45) is 5.06. The van der Waals surface area contributed by atoms with Gasteiger partial charge in [-0.2, -0.15) is 0 Å². The minimum absolute atomic E-state index is 0.0605. The van der Waals surface area contributed by atoms with Crippen molar-refractivity contribution in [2.45, 2.75) is 25.8 Å². The second-order valence-corrected chi connectivity index (χ2v) is 5.62. The van der Waals surface area contributed by atoms with E-state index in [1.165, 1.54) is 0 Å². The Labute approximate surface area is 117 Å². The molecule has 1 aliphatic rings. The summed E-state index contributed by atoms with van der Waals surface area (Å²) in [5.74, 6) is 0.0528. The van der Waals surface area contributed by atoms with Gasteiger partial charge < -0.3 is 10.2 Å². The number of carbonyl (C=O) groups is 2. The van der Waals surface area contributed by atoms with Gasteiger partial charge in [0.25, 0.3) is 0 Å². The van der Waals surface area contributed by atoms with Crippen LogP contribution in [0.5, 0.6) is 0 Å². The zero-order valence-corrected chi connectivity index (χ0v) is 11.8. The zero-order valence-electron chi connectivity index (χ0n) is 11.0. The van der Waals surface area contributed by atoms with E-state index in [2.05, 4.69) is 5.32 Å². The summed E-state index contributed by atoms with van der Waals surface area (Å²) in [5, 5.41) is 4.96. The lowest BCUT2D eigenvalue weighted by atomic mass is 10.1. The number of amides is 2. The molecule has 102 valence electrons. The van der Waals surface area contributed by atoms with Gasteiger partial charge in [0, 0.05) is 37.0 Å². The lowest BCUT2D eigenvalue weighted by Gasteiger charge is -2.31. The summed E-state index contributed by atoms with van der Waals surface area (Å²) in [6.45, 7) is 3.05. The molecule has 1 saturated heterocycles. The lowest BCUT2D eigenvalue weighted by Crippen LogP contribution is -2.45. The molecule has 0 radical (unpaired) electrons. The van der Waals surface area contributed by atoms with E-state index in [1.54, 1.807) is 24.3 Å². The van der Waals surface area contributed by atoms with Crippen LogP contribution in [0.4, 0.5) is 0 Å². The van der Waals surface area contributed by atoms with Gasteiger partial charge in [0.2, 0.25) is 11.8 Å². The minimum Gasteiger partial charge on any atom is -0.350 e. The standard InChI is InChI=1S/C14H18N2O2S/c1-11(17)16-8-6-12(7-9-16)15-14(18)5-4-13-3-2-10-19-13/h2-5,10,12H,6-9H2,1H3,(H,15,18)/b5-4+. The van der Waals surface area contributed by atoms with Crippen LogP contribution in [0.2, 0.25) is 0 Å². The van der Waals surface area contributed by atoms with Gasteiger partial charge in [0.15, 0.2) is 0 Å². The summed E-state index contributed by atoms with van der Waals surface area (Å²) in [4.78, 5) is 25.8. The highest BCUT2D eigenvalue weighted by atomic mass is 32.1. The minimum atomic E-state index is -0.0605. The summed E-state index contributed by atoms with van der Waals surface area (Å²) < 4.78 is 0. The van der Waals surface area contributed by atoms with Crippen LogP contribution in [0.25, 0.3) is 6.08 Å². The molecule has 0 bridgehead atoms. The van der Waals surface area contributed by atoms with Crippen LogP contribution in [0, 0.1) is 0 Å². The smallest absolute Gasteiger partial charge is 0.244 e. The van der Waals surface area contributed by atoms with Crippen molar-refractivity contribution in [1.29, 1.82) is 0 Å². The molecule has 1 fully saturated rings. The number of rotatable bonds is 3. The van der Waals surface area contributed by atoms with Crippen molar-refractivity contribution in [3.8, 4) is 0 Å². The first-order valence-corrected chi connectivity index (χ1v) is 7.30. The van der Waals surface area contributed by atoms with Gasteiger partial charge in [0.05, 0.1) is 0 Å². The third-order valence-corrected chi connectivity index (χ3v) is 4.07. The molecule has 0 spiro atoms. The second-order valence-electron chi connectivity index (χ2n) is 4.64. The summed E-state index contributed by atoms with van der Waals surface area (Å²) in [5.41, 5.74) is 0. The number of hydrogen-bond acceptors (Lipinski definition) is 3. The number of likely N-dealkylation sites (tertiary alicyclic amines) is 1. The van der Waals surface area contributed by atoms with Crippen LogP contribution in [0.15, 0.2) is 23.6 Å². The van der Waals surface area contributed by atoms with E-state index in [4.69, 9.17) is 0 Å². The molecule has 5 heteroatoms. The van der Waals surface area contributed by atoms with Crippen LogP contribution in [0.3, 0.4) is 0 Å². The number of carbonyl (C=O) groups excluding carboxylic acids is 2. The molecule has 2 heterocycles. The molecular formula is C14H18N2O2S. The SMILES string of the molecule is CC(=O)N1CCC(NC(=O)/C=C/c2cccs2)CC1. The third kappa shape index (κ3) is 4.21. The van der Waals surface area contributed by atoms with E-state index in [-0.39, 0.29) is 17.9 Å². The fraction of sp³-hybridized carbons (Fsp3) is 0.429. The number of nitrogens with zero attached hydrogens (tertiary/aromatic N) is 1. The average molecular weight is 278 g/mol. The van der Waals surface area contributed by atoms with E-state index >= 15 is 0 Å². The summed E-state index contributed by atoms with van der Waals surface area (Å²) in [7, 11) is 0. The van der Waals surface area contributed by atoms with Crippen molar-refractivity contribution in [1.82, 2.24) is 10.2 Å². The van der Waals surface area contributed by atoms with Crippen molar-refractivity contribution in [3.05, 3.63) is 28.5 Å². The van der Waals surface area contributed by atoms with Crippen molar-refractivity contribution in [3.63, 3.8) is 0 Å². The largest absolute Gasteiger partial charge is 0.350 e. The van der Waals surface area contributed by atoms with Crippen molar-refractivity contribution >= 4 is 29.2 Å². The molecule has 0 atom stereocenters. The van der Waals surface area contributed by atoms with Gasteiger partial charge in [0.1, 0.15) is 0 Å². The van der Waals surface area contributed by atoms with E-state index < -0.39 is 0 Å². The predicted molar refractivity (Wildman–Crippen MR) is 76.8 cm³/mol. The molecule has 0 unspecified atom stereocenters. The molecular weight excluding hydrogens is 260 g/mol. The van der Waals surface area contributed by atoms with Gasteiger partial charge >= 0.3 is 0 Å². The molecule has 1 aromatic heterocycles. The monoisotopic (exact) mass is 278 g/mol. The van der Waals surface area contributed by atoms with Crippen molar-refractivity contribution in [2.75, 3.05) is 13.1 Å². The Bertz CT molecular complexity index is 460. The molecule has 1 aromatic rings. The topological polar surface area (TPSA) is 49.4 Å². The Morgan fingerprint density at radius 2 is 2.16 bits per heavy atom. The zero-order chi connectivity index (χ0) is 13.7. The van der Waals surface area contributed by atoms with Crippen molar-refractivity contribution in [2.24, 2.45) is 0 Å². The van der Waals surface area contributed by atoms with E-state index in [0.29, 0.717) is 0 Å². The fourth-order valence-corrected chi connectivity index (χ4v) is 2.75. The van der Waals surface area contributed by atoms with Crippen LogP contribution in [-0.4, -0.2) is 35.8 Å². The first kappa shape index (κ1) is 13.8. The molecule has 2 rings (SSSR count). The quantitative estimate of drug-likeness (QED) is 0.858. The molecule has 1 aliphatic heterocycles. The number of nitrogens with one attached hydrogen (secondary N) is 1. The highest BCUT2D eigenvalue weighted by molar-refractivity contribution is 7.10. The number of thiophene rings is 1. The fourth-order valence-electron chi connectivity index (χ4n) is 2.13. The predicted octanol–water partition coefficient (Wildman–Crippen LogP) is 1.89. The first-order chi connectivity index (χ1) is 9.15. The molecule has 2 amide bonds. The van der Waals surface area contributed by atoms with Crippen LogP contribution < -0.4 is 5.32 Å². The third-order valence-electron chi connectivity index (χ3n) is 3.23. The Balaban J connectivity index is 1.76. The van der Waals surface area contributed by atoms with Gasteiger partial charge in [-0.15, -0.1) is 11.3 Å². The molecule has 0 aromatic carbocycles. The maximum atomic E-state index is 11.7. The number of hydrogen-bond donors (Lipinski definition) is 1. The maximum absolute atomic E-state index is 11.7. The average Bonchev–Trinajstić information content (AvgIpc) is 2.90. The van der Waals surface area contributed by atoms with Gasteiger partial charge in [-0.3, -0.25) is 9.59 Å². The van der Waals surface area contributed by atoms with Crippen LogP contribution in [0.1, 0.15) is 24.6 Å². The number of piperidine rings is 1. The Kier molecular flexibility index (Phi) is 4.74.